The summed E-state index contributed by atoms with van der Waals surface area (Å²) in [5.74, 6) is 2.67. The Balaban J connectivity index is 2.06. The molecule has 0 aliphatic heterocycles. The Morgan fingerprint density at radius 3 is 3.00 bits per heavy atom. The first-order chi connectivity index (χ1) is 7.86. The van der Waals surface area contributed by atoms with E-state index in [9.17, 15) is 0 Å². The molecule has 1 aromatic rings. The number of allylic oxidation sites excluding steroid dienone is 1. The van der Waals surface area contributed by atoms with Crippen molar-refractivity contribution in [2.45, 2.75) is 30.5 Å². The van der Waals surface area contributed by atoms with Gasteiger partial charge in [0.1, 0.15) is 5.82 Å². The van der Waals surface area contributed by atoms with Crippen LogP contribution in [0.1, 0.15) is 24.6 Å². The van der Waals surface area contributed by atoms with E-state index in [4.69, 9.17) is 4.74 Å². The molecule has 0 spiro atoms. The maximum atomic E-state index is 5.03. The number of hydrogen-bond donors (Lipinski definition) is 0. The first-order valence-corrected chi connectivity index (χ1v) is 6.51. The van der Waals surface area contributed by atoms with E-state index in [1.807, 2.05) is 6.08 Å². The number of aromatic nitrogens is 3. The van der Waals surface area contributed by atoms with Crippen LogP contribution >= 0.6 is 11.8 Å². The Kier molecular flexibility index (Phi) is 4.01. The molecule has 0 unspecified atom stereocenters. The van der Waals surface area contributed by atoms with Crippen LogP contribution in [0.5, 0.6) is 0 Å². The smallest absolute Gasteiger partial charge is 0.191 e. The molecule has 0 N–H and O–H groups in total. The molecule has 16 heavy (non-hydrogen) atoms. The minimum Gasteiger partial charge on any atom is -0.384 e. The minimum absolute atomic E-state index is 0.629. The summed E-state index contributed by atoms with van der Waals surface area (Å²) in [7, 11) is 1.71. The van der Waals surface area contributed by atoms with Gasteiger partial charge in [0, 0.05) is 25.3 Å². The SMILES string of the molecule is C=CCn1c(SCCOC)nnc1C1CC1. The van der Waals surface area contributed by atoms with E-state index in [1.165, 1.54) is 12.8 Å². The first kappa shape index (κ1) is 11.7. The summed E-state index contributed by atoms with van der Waals surface area (Å²) in [5, 5.41) is 9.50. The van der Waals surface area contributed by atoms with Gasteiger partial charge in [-0.3, -0.25) is 0 Å². The van der Waals surface area contributed by atoms with Gasteiger partial charge in [-0.15, -0.1) is 16.8 Å². The molecule has 1 aromatic heterocycles. The lowest BCUT2D eigenvalue weighted by Crippen LogP contribution is -2.03. The van der Waals surface area contributed by atoms with Crippen molar-refractivity contribution in [2.75, 3.05) is 19.5 Å². The standard InChI is InChI=1S/C11H17N3OS/c1-3-6-14-10(9-4-5-9)12-13-11(14)16-8-7-15-2/h3,9H,1,4-8H2,2H3. The van der Waals surface area contributed by atoms with Crippen molar-refractivity contribution in [3.05, 3.63) is 18.5 Å². The van der Waals surface area contributed by atoms with E-state index in [1.54, 1.807) is 18.9 Å². The highest BCUT2D eigenvalue weighted by Gasteiger charge is 2.29. The predicted octanol–water partition coefficient (Wildman–Crippen LogP) is 2.08. The third kappa shape index (κ3) is 2.65. The summed E-state index contributed by atoms with van der Waals surface area (Å²) in [6, 6.07) is 0. The molecular formula is C11H17N3OS. The monoisotopic (exact) mass is 239 g/mol. The molecule has 5 heteroatoms. The van der Waals surface area contributed by atoms with Crippen LogP contribution in [0.4, 0.5) is 0 Å². The molecule has 1 heterocycles. The van der Waals surface area contributed by atoms with Gasteiger partial charge < -0.3 is 9.30 Å². The summed E-state index contributed by atoms with van der Waals surface area (Å²) in [4.78, 5) is 0. The topological polar surface area (TPSA) is 39.9 Å². The van der Waals surface area contributed by atoms with Gasteiger partial charge in [0.05, 0.1) is 6.61 Å². The molecule has 4 nitrogen and oxygen atoms in total. The summed E-state index contributed by atoms with van der Waals surface area (Å²) < 4.78 is 7.20. The van der Waals surface area contributed by atoms with Gasteiger partial charge in [0.15, 0.2) is 5.16 Å². The molecule has 1 saturated carbocycles. The number of thioether (sulfide) groups is 1. The van der Waals surface area contributed by atoms with Crippen LogP contribution in [-0.2, 0) is 11.3 Å². The Labute approximate surface area is 100 Å². The lowest BCUT2D eigenvalue weighted by Gasteiger charge is -2.06. The van der Waals surface area contributed by atoms with Gasteiger partial charge in [0.25, 0.3) is 0 Å². The Bertz CT molecular complexity index is 360. The van der Waals surface area contributed by atoms with E-state index in [2.05, 4.69) is 21.3 Å². The van der Waals surface area contributed by atoms with Crippen molar-refractivity contribution < 1.29 is 4.74 Å². The van der Waals surface area contributed by atoms with E-state index in [0.717, 1.165) is 29.9 Å². The third-order valence-corrected chi connectivity index (χ3v) is 3.45. The molecule has 1 aliphatic rings. The quantitative estimate of drug-likeness (QED) is 0.415. The molecule has 0 amide bonds. The number of hydrogen-bond acceptors (Lipinski definition) is 4. The summed E-state index contributed by atoms with van der Waals surface area (Å²) >= 11 is 1.69. The normalized spacial score (nSPS) is 15.3. The zero-order valence-electron chi connectivity index (χ0n) is 9.56. The second kappa shape index (κ2) is 5.50. The zero-order valence-corrected chi connectivity index (χ0v) is 10.4. The molecule has 0 saturated heterocycles. The molecular weight excluding hydrogens is 222 g/mol. The maximum Gasteiger partial charge on any atom is 0.191 e. The Morgan fingerprint density at radius 1 is 1.56 bits per heavy atom. The van der Waals surface area contributed by atoms with Crippen LogP contribution in [0.25, 0.3) is 0 Å². The number of methoxy groups -OCH3 is 1. The van der Waals surface area contributed by atoms with Gasteiger partial charge in [0.2, 0.25) is 0 Å². The first-order valence-electron chi connectivity index (χ1n) is 5.52. The predicted molar refractivity (Wildman–Crippen MR) is 64.8 cm³/mol. The van der Waals surface area contributed by atoms with Crippen molar-refractivity contribution in [3.63, 3.8) is 0 Å². The van der Waals surface area contributed by atoms with Crippen LogP contribution in [0.2, 0.25) is 0 Å². The molecule has 0 bridgehead atoms. The maximum absolute atomic E-state index is 5.03. The highest BCUT2D eigenvalue weighted by molar-refractivity contribution is 7.99. The molecule has 2 rings (SSSR count). The highest BCUT2D eigenvalue weighted by atomic mass is 32.2. The fourth-order valence-electron chi connectivity index (χ4n) is 1.57. The van der Waals surface area contributed by atoms with Crippen LogP contribution in [0.3, 0.4) is 0 Å². The van der Waals surface area contributed by atoms with Crippen molar-refractivity contribution in [2.24, 2.45) is 0 Å². The van der Waals surface area contributed by atoms with Crippen LogP contribution in [0, 0.1) is 0 Å². The van der Waals surface area contributed by atoms with Gasteiger partial charge in [-0.05, 0) is 12.8 Å². The lowest BCUT2D eigenvalue weighted by molar-refractivity contribution is 0.218. The van der Waals surface area contributed by atoms with E-state index in [0.29, 0.717) is 5.92 Å². The average Bonchev–Trinajstić information content (AvgIpc) is 3.05. The number of rotatable bonds is 7. The minimum atomic E-state index is 0.629. The van der Waals surface area contributed by atoms with Crippen molar-refractivity contribution >= 4 is 11.8 Å². The van der Waals surface area contributed by atoms with Crippen LogP contribution < -0.4 is 0 Å². The van der Waals surface area contributed by atoms with Gasteiger partial charge >= 0.3 is 0 Å². The molecule has 1 aliphatic carbocycles. The molecule has 0 radical (unpaired) electrons. The van der Waals surface area contributed by atoms with Crippen LogP contribution in [-0.4, -0.2) is 34.2 Å². The Hall–Kier alpha value is -0.810. The molecule has 0 aromatic carbocycles. The third-order valence-electron chi connectivity index (χ3n) is 2.52. The molecule has 1 fully saturated rings. The Morgan fingerprint density at radius 2 is 2.38 bits per heavy atom. The van der Waals surface area contributed by atoms with Gasteiger partial charge in [-0.1, -0.05) is 17.8 Å². The second-order valence-corrected chi connectivity index (χ2v) is 4.92. The highest BCUT2D eigenvalue weighted by Crippen LogP contribution is 2.39. The summed E-state index contributed by atoms with van der Waals surface area (Å²) in [6.07, 6.45) is 4.39. The van der Waals surface area contributed by atoms with E-state index in [-0.39, 0.29) is 0 Å². The van der Waals surface area contributed by atoms with Crippen molar-refractivity contribution in [1.82, 2.24) is 14.8 Å². The zero-order chi connectivity index (χ0) is 11.4. The van der Waals surface area contributed by atoms with E-state index >= 15 is 0 Å². The summed E-state index contributed by atoms with van der Waals surface area (Å²) in [6.45, 7) is 5.32. The van der Waals surface area contributed by atoms with E-state index < -0.39 is 0 Å². The number of nitrogens with zero attached hydrogens (tertiary/aromatic N) is 3. The average molecular weight is 239 g/mol. The fraction of sp³-hybridized carbons (Fsp3) is 0.636. The second-order valence-electron chi connectivity index (χ2n) is 3.86. The van der Waals surface area contributed by atoms with Crippen molar-refractivity contribution in [1.29, 1.82) is 0 Å². The molecule has 0 atom stereocenters. The lowest BCUT2D eigenvalue weighted by atomic mass is 10.4. The van der Waals surface area contributed by atoms with Crippen molar-refractivity contribution in [3.8, 4) is 0 Å². The van der Waals surface area contributed by atoms with Gasteiger partial charge in [-0.2, -0.15) is 0 Å². The largest absolute Gasteiger partial charge is 0.384 e. The molecule has 88 valence electrons. The summed E-state index contributed by atoms with van der Waals surface area (Å²) in [5.41, 5.74) is 0. The van der Waals surface area contributed by atoms with Gasteiger partial charge in [-0.25, -0.2) is 0 Å². The fourth-order valence-corrected chi connectivity index (χ4v) is 2.42. The number of ether oxygens (including phenoxy) is 1. The van der Waals surface area contributed by atoms with Crippen LogP contribution in [0.15, 0.2) is 17.8 Å².